The normalized spacial score (nSPS) is 12.1. The lowest BCUT2D eigenvalue weighted by Gasteiger charge is -2.08. The van der Waals surface area contributed by atoms with Crippen LogP contribution in [0.1, 0.15) is 11.3 Å². The van der Waals surface area contributed by atoms with Crippen molar-refractivity contribution in [2.24, 2.45) is 10.2 Å². The van der Waals surface area contributed by atoms with E-state index in [1.807, 2.05) is 25.1 Å². The molecule has 0 aliphatic rings. The summed E-state index contributed by atoms with van der Waals surface area (Å²) in [7, 11) is -4.57. The molecule has 0 atom stereocenters. The van der Waals surface area contributed by atoms with Gasteiger partial charge in [0.25, 0.3) is 10.1 Å². The van der Waals surface area contributed by atoms with Crippen LogP contribution in [0.15, 0.2) is 69.7 Å². The second-order valence-electron chi connectivity index (χ2n) is 6.97. The highest BCUT2D eigenvalue weighted by molar-refractivity contribution is 7.86. The SMILES string of the molecule is Cc1cccc(-n2nc(C)c(/N=N/c3c(O)cc(S(=O)(=O)O)c4ccccc34)c2O)c1. The minimum Gasteiger partial charge on any atom is -0.506 e. The molecule has 9 nitrogen and oxygen atoms in total. The van der Waals surface area contributed by atoms with E-state index in [9.17, 15) is 23.2 Å². The van der Waals surface area contributed by atoms with Gasteiger partial charge >= 0.3 is 0 Å². The standard InChI is InChI=1S/C21H18N4O5S/c1-12-6-5-7-14(10-12)25-21(27)19(13(2)24-25)22-23-20-16-9-4-3-8-15(16)18(11-17(20)26)31(28,29)30/h3-11,26-27H,1-2H3,(H,28,29,30)/b23-22+. The Kier molecular flexibility index (Phi) is 4.96. The molecule has 0 amide bonds. The number of aryl methyl sites for hydroxylation is 2. The van der Waals surface area contributed by atoms with E-state index in [0.717, 1.165) is 11.6 Å². The van der Waals surface area contributed by atoms with Gasteiger partial charge in [0.1, 0.15) is 16.3 Å². The maximum absolute atomic E-state index is 11.7. The maximum Gasteiger partial charge on any atom is 0.295 e. The first kappa shape index (κ1) is 20.5. The topological polar surface area (TPSA) is 137 Å². The number of aromatic nitrogens is 2. The fourth-order valence-electron chi connectivity index (χ4n) is 3.29. The third-order valence-corrected chi connectivity index (χ3v) is 5.63. The molecule has 0 radical (unpaired) electrons. The molecule has 1 aromatic heterocycles. The number of phenols is 1. The number of rotatable bonds is 4. The molecule has 158 valence electrons. The molecule has 0 spiro atoms. The Morgan fingerprint density at radius 2 is 1.58 bits per heavy atom. The van der Waals surface area contributed by atoms with Crippen molar-refractivity contribution in [3.63, 3.8) is 0 Å². The highest BCUT2D eigenvalue weighted by atomic mass is 32.2. The van der Waals surface area contributed by atoms with Gasteiger partial charge in [0.15, 0.2) is 5.69 Å². The van der Waals surface area contributed by atoms with E-state index in [1.54, 1.807) is 31.2 Å². The minimum atomic E-state index is -4.57. The Hall–Kier alpha value is -3.76. The molecule has 0 bridgehead atoms. The highest BCUT2D eigenvalue weighted by Crippen LogP contribution is 2.41. The lowest BCUT2D eigenvalue weighted by Crippen LogP contribution is -1.99. The van der Waals surface area contributed by atoms with Crippen molar-refractivity contribution >= 4 is 32.3 Å². The van der Waals surface area contributed by atoms with Gasteiger partial charge in [-0.25, -0.2) is 0 Å². The second kappa shape index (κ2) is 7.49. The number of hydrogen-bond acceptors (Lipinski definition) is 7. The fraction of sp³-hybridized carbons (Fsp3) is 0.0952. The van der Waals surface area contributed by atoms with Crippen LogP contribution in [0.5, 0.6) is 11.6 Å². The van der Waals surface area contributed by atoms with Crippen LogP contribution < -0.4 is 0 Å². The minimum absolute atomic E-state index is 0.00916. The largest absolute Gasteiger partial charge is 0.506 e. The van der Waals surface area contributed by atoms with Crippen molar-refractivity contribution in [1.82, 2.24) is 9.78 Å². The number of phenolic OH excluding ortho intramolecular Hbond substituents is 1. The average molecular weight is 438 g/mol. The van der Waals surface area contributed by atoms with Crippen LogP contribution in [0.4, 0.5) is 11.4 Å². The van der Waals surface area contributed by atoms with Gasteiger partial charge in [0, 0.05) is 16.8 Å². The number of benzene rings is 3. The molecule has 0 fully saturated rings. The molecule has 4 aromatic rings. The molecule has 3 N–H and O–H groups in total. The number of hydrogen-bond donors (Lipinski definition) is 3. The molecule has 3 aromatic carbocycles. The van der Waals surface area contributed by atoms with Gasteiger partial charge in [-0.1, -0.05) is 36.4 Å². The molecular formula is C21H18N4O5S. The molecule has 1 heterocycles. The number of azo groups is 1. The van der Waals surface area contributed by atoms with Gasteiger partial charge in [-0.2, -0.15) is 18.2 Å². The Morgan fingerprint density at radius 1 is 0.903 bits per heavy atom. The van der Waals surface area contributed by atoms with E-state index in [4.69, 9.17) is 0 Å². The van der Waals surface area contributed by atoms with Gasteiger partial charge in [-0.05, 0) is 31.5 Å². The first-order valence-electron chi connectivity index (χ1n) is 9.16. The Labute approximate surface area is 177 Å². The molecule has 0 unspecified atom stereocenters. The van der Waals surface area contributed by atoms with E-state index in [2.05, 4.69) is 15.3 Å². The van der Waals surface area contributed by atoms with Crippen LogP contribution in [0.3, 0.4) is 0 Å². The molecule has 4 rings (SSSR count). The molecule has 0 aliphatic heterocycles. The summed E-state index contributed by atoms with van der Waals surface area (Å²) in [6.07, 6.45) is 0. The van der Waals surface area contributed by atoms with Crippen LogP contribution in [-0.2, 0) is 10.1 Å². The first-order chi connectivity index (χ1) is 14.7. The van der Waals surface area contributed by atoms with Crippen molar-refractivity contribution in [2.45, 2.75) is 18.7 Å². The molecule has 0 saturated carbocycles. The zero-order valence-electron chi connectivity index (χ0n) is 16.6. The second-order valence-corrected chi connectivity index (χ2v) is 8.36. The van der Waals surface area contributed by atoms with Crippen molar-refractivity contribution in [3.8, 4) is 17.3 Å². The quantitative estimate of drug-likeness (QED) is 0.311. The molecule has 10 heteroatoms. The zero-order valence-corrected chi connectivity index (χ0v) is 17.4. The van der Waals surface area contributed by atoms with Gasteiger partial charge < -0.3 is 10.2 Å². The average Bonchev–Trinajstić information content (AvgIpc) is 3.00. The fourth-order valence-corrected chi connectivity index (χ4v) is 4.01. The third-order valence-electron chi connectivity index (χ3n) is 4.74. The summed E-state index contributed by atoms with van der Waals surface area (Å²) in [4.78, 5) is -0.439. The van der Waals surface area contributed by atoms with E-state index < -0.39 is 20.8 Å². The lowest BCUT2D eigenvalue weighted by molar-refractivity contribution is 0.434. The Bertz CT molecular complexity index is 1460. The van der Waals surface area contributed by atoms with E-state index in [1.165, 1.54) is 10.7 Å². The van der Waals surface area contributed by atoms with Crippen LogP contribution in [0, 0.1) is 13.8 Å². The molecular weight excluding hydrogens is 420 g/mol. The van der Waals surface area contributed by atoms with Gasteiger partial charge in [0.2, 0.25) is 5.88 Å². The Morgan fingerprint density at radius 3 is 2.26 bits per heavy atom. The molecule has 0 saturated heterocycles. The summed E-state index contributed by atoms with van der Waals surface area (Å²) in [5.41, 5.74) is 2.13. The van der Waals surface area contributed by atoms with Crippen molar-refractivity contribution < 1.29 is 23.2 Å². The first-order valence-corrected chi connectivity index (χ1v) is 10.6. The number of fused-ring (bicyclic) bond motifs is 1. The van der Waals surface area contributed by atoms with Gasteiger partial charge in [0.05, 0.1) is 11.4 Å². The number of aromatic hydroxyl groups is 2. The molecule has 31 heavy (non-hydrogen) atoms. The molecule has 0 aliphatic carbocycles. The lowest BCUT2D eigenvalue weighted by atomic mass is 10.1. The maximum atomic E-state index is 11.7. The van der Waals surface area contributed by atoms with Crippen LogP contribution in [0.2, 0.25) is 0 Å². The predicted molar refractivity (Wildman–Crippen MR) is 114 cm³/mol. The predicted octanol–water partition coefficient (Wildman–Crippen LogP) is 4.72. The smallest absolute Gasteiger partial charge is 0.295 e. The van der Waals surface area contributed by atoms with E-state index in [0.29, 0.717) is 11.4 Å². The van der Waals surface area contributed by atoms with Crippen LogP contribution in [0.25, 0.3) is 16.5 Å². The summed E-state index contributed by atoms with van der Waals surface area (Å²) >= 11 is 0. The summed E-state index contributed by atoms with van der Waals surface area (Å²) in [6, 6.07) is 14.5. The van der Waals surface area contributed by atoms with Crippen LogP contribution >= 0.6 is 0 Å². The van der Waals surface area contributed by atoms with Crippen molar-refractivity contribution in [1.29, 1.82) is 0 Å². The van der Waals surface area contributed by atoms with Crippen LogP contribution in [-0.4, -0.2) is 33.0 Å². The highest BCUT2D eigenvalue weighted by Gasteiger charge is 2.20. The summed E-state index contributed by atoms with van der Waals surface area (Å²) in [6.45, 7) is 3.57. The third kappa shape index (κ3) is 3.74. The van der Waals surface area contributed by atoms with Gasteiger partial charge in [-0.3, -0.25) is 4.55 Å². The van der Waals surface area contributed by atoms with Gasteiger partial charge in [-0.15, -0.1) is 10.2 Å². The zero-order chi connectivity index (χ0) is 22.3. The summed E-state index contributed by atoms with van der Waals surface area (Å²) in [5.74, 6) is -0.719. The summed E-state index contributed by atoms with van der Waals surface area (Å²) in [5, 5.41) is 33.9. The van der Waals surface area contributed by atoms with Crippen molar-refractivity contribution in [3.05, 3.63) is 65.9 Å². The number of nitrogens with zero attached hydrogens (tertiary/aromatic N) is 4. The Balaban J connectivity index is 1.85. The monoisotopic (exact) mass is 438 g/mol. The van der Waals surface area contributed by atoms with Crippen molar-refractivity contribution in [2.75, 3.05) is 0 Å². The van der Waals surface area contributed by atoms with E-state index in [-0.39, 0.29) is 28.0 Å². The summed E-state index contributed by atoms with van der Waals surface area (Å²) < 4.78 is 34.2. The van der Waals surface area contributed by atoms with E-state index >= 15 is 0 Å².